The maximum Gasteiger partial charge on any atom is 0.187 e. The van der Waals surface area contributed by atoms with E-state index >= 15 is 0 Å². The van der Waals surface area contributed by atoms with E-state index in [0.29, 0.717) is 0 Å². The maximum absolute atomic E-state index is 10.6. The van der Waals surface area contributed by atoms with Crippen LogP contribution in [0.5, 0.6) is 0 Å². The number of hydrogen-bond donors (Lipinski definition) is 3. The lowest BCUT2D eigenvalue weighted by molar-refractivity contribution is -0.416. The van der Waals surface area contributed by atoms with Crippen molar-refractivity contribution in [1.82, 2.24) is 0 Å². The van der Waals surface area contributed by atoms with Crippen molar-refractivity contribution in [1.29, 1.82) is 0 Å². The van der Waals surface area contributed by atoms with E-state index in [0.717, 1.165) is 5.56 Å². The van der Waals surface area contributed by atoms with Gasteiger partial charge in [-0.3, -0.25) is 0 Å². The minimum atomic E-state index is -1.61. The van der Waals surface area contributed by atoms with Crippen LogP contribution in [0.4, 0.5) is 0 Å². The van der Waals surface area contributed by atoms with Gasteiger partial charge < -0.3 is 24.8 Å². The van der Waals surface area contributed by atoms with Gasteiger partial charge in [-0.15, -0.1) is 0 Å². The zero-order valence-electron chi connectivity index (χ0n) is 9.98. The number of benzene rings is 1. The summed E-state index contributed by atoms with van der Waals surface area (Å²) in [6.07, 6.45) is -2.21. The largest absolute Gasteiger partial charge is 0.384 e. The second-order valence-corrected chi connectivity index (χ2v) is 5.00. The molecule has 1 saturated carbocycles. The third-order valence-corrected chi connectivity index (χ3v) is 4.07. The summed E-state index contributed by atoms with van der Waals surface area (Å²) in [5, 5.41) is 31.0. The van der Waals surface area contributed by atoms with Gasteiger partial charge in [-0.2, -0.15) is 0 Å². The van der Waals surface area contributed by atoms with Crippen molar-refractivity contribution >= 4 is 0 Å². The van der Waals surface area contributed by atoms with E-state index in [9.17, 15) is 15.3 Å². The smallest absolute Gasteiger partial charge is 0.187 e. The lowest BCUT2D eigenvalue weighted by Crippen LogP contribution is -2.85. The van der Waals surface area contributed by atoms with E-state index in [1.54, 1.807) is 0 Å². The van der Waals surface area contributed by atoms with Gasteiger partial charge in [-0.05, 0) is 5.56 Å². The van der Waals surface area contributed by atoms with Crippen molar-refractivity contribution in [3.8, 4) is 0 Å². The van der Waals surface area contributed by atoms with Crippen LogP contribution < -0.4 is 0 Å². The Morgan fingerprint density at radius 3 is 2.56 bits per heavy atom. The maximum atomic E-state index is 10.6. The Labute approximate surface area is 105 Å². The predicted octanol–water partition coefficient (Wildman–Crippen LogP) is -0.390. The molecule has 2 bridgehead atoms. The summed E-state index contributed by atoms with van der Waals surface area (Å²) < 4.78 is 10.1. The average Bonchev–Trinajstić information content (AvgIpc) is 2.35. The van der Waals surface area contributed by atoms with Crippen molar-refractivity contribution in [2.24, 2.45) is 0 Å². The van der Waals surface area contributed by atoms with Gasteiger partial charge in [0.15, 0.2) is 11.9 Å². The molecule has 5 heteroatoms. The quantitative estimate of drug-likeness (QED) is 0.668. The van der Waals surface area contributed by atoms with Crippen molar-refractivity contribution in [2.75, 3.05) is 13.7 Å². The second-order valence-electron chi connectivity index (χ2n) is 5.00. The zero-order chi connectivity index (χ0) is 13.0. The van der Waals surface area contributed by atoms with Crippen molar-refractivity contribution in [2.45, 2.75) is 29.5 Å². The molecule has 5 nitrogen and oxygen atoms in total. The third kappa shape index (κ3) is 1.23. The molecule has 1 aromatic carbocycles. The van der Waals surface area contributed by atoms with Crippen molar-refractivity contribution in [3.05, 3.63) is 35.9 Å². The average molecular weight is 252 g/mol. The molecule has 2 unspecified atom stereocenters. The number of fused-ring (bicyclic) bond motifs is 2. The van der Waals surface area contributed by atoms with Crippen molar-refractivity contribution in [3.63, 3.8) is 0 Å². The first-order valence-corrected chi connectivity index (χ1v) is 5.87. The lowest BCUT2D eigenvalue weighted by Gasteiger charge is -2.66. The van der Waals surface area contributed by atoms with Gasteiger partial charge in [0.1, 0.15) is 11.7 Å². The van der Waals surface area contributed by atoms with Crippen LogP contribution in [0.3, 0.4) is 0 Å². The van der Waals surface area contributed by atoms with E-state index in [1.165, 1.54) is 7.11 Å². The minimum Gasteiger partial charge on any atom is -0.384 e. The van der Waals surface area contributed by atoms with Gasteiger partial charge in [0.05, 0.1) is 12.5 Å². The molecule has 3 rings (SSSR count). The van der Waals surface area contributed by atoms with E-state index in [4.69, 9.17) is 9.47 Å². The molecule has 1 saturated heterocycles. The Morgan fingerprint density at radius 2 is 1.94 bits per heavy atom. The summed E-state index contributed by atoms with van der Waals surface area (Å²) in [6.45, 7) is -0.0610. The summed E-state index contributed by atoms with van der Waals surface area (Å²) in [7, 11) is 1.40. The summed E-state index contributed by atoms with van der Waals surface area (Å²) in [6, 6.07) is 9.12. The molecule has 3 N–H and O–H groups in total. The number of hydrogen-bond acceptors (Lipinski definition) is 5. The minimum absolute atomic E-state index is 0.0610. The van der Waals surface area contributed by atoms with Crippen LogP contribution in [-0.4, -0.2) is 52.6 Å². The Morgan fingerprint density at radius 1 is 1.28 bits per heavy atom. The molecule has 0 radical (unpaired) electrons. The first-order valence-electron chi connectivity index (χ1n) is 5.87. The Balaban J connectivity index is 2.06. The summed E-state index contributed by atoms with van der Waals surface area (Å²) >= 11 is 0. The Hall–Kier alpha value is -0.980. The fourth-order valence-electron chi connectivity index (χ4n) is 3.38. The third-order valence-electron chi connectivity index (χ3n) is 4.07. The lowest BCUT2D eigenvalue weighted by atomic mass is 9.51. The summed E-state index contributed by atoms with van der Waals surface area (Å²) in [5.74, 6) is -0.611. The molecule has 18 heavy (non-hydrogen) atoms. The molecule has 0 spiro atoms. The van der Waals surface area contributed by atoms with Crippen LogP contribution in [0, 0.1) is 0 Å². The van der Waals surface area contributed by atoms with E-state index in [1.807, 2.05) is 30.3 Å². The Bertz CT molecular complexity index is 450. The highest BCUT2D eigenvalue weighted by Gasteiger charge is 2.77. The SMILES string of the molecule is CO[C@@H]1[C@@]2(O)C(O)OC[C@]1(O)C2c1ccccc1. The number of aliphatic hydroxyl groups excluding tert-OH is 1. The topological polar surface area (TPSA) is 79.2 Å². The molecule has 0 amide bonds. The van der Waals surface area contributed by atoms with Gasteiger partial charge in [-0.1, -0.05) is 30.3 Å². The van der Waals surface area contributed by atoms with Gasteiger partial charge in [0, 0.05) is 7.11 Å². The second kappa shape index (κ2) is 3.76. The van der Waals surface area contributed by atoms with E-state index in [2.05, 4.69) is 0 Å². The van der Waals surface area contributed by atoms with Gasteiger partial charge in [-0.25, -0.2) is 0 Å². The fourth-order valence-corrected chi connectivity index (χ4v) is 3.38. The molecule has 2 aliphatic rings. The normalized spacial score (nSPS) is 46.6. The first-order chi connectivity index (χ1) is 8.55. The number of ether oxygens (including phenoxy) is 2. The Kier molecular flexibility index (Phi) is 2.52. The van der Waals surface area contributed by atoms with E-state index in [-0.39, 0.29) is 6.61 Å². The summed E-state index contributed by atoms with van der Waals surface area (Å²) in [5.41, 5.74) is -2.15. The van der Waals surface area contributed by atoms with Gasteiger partial charge in [0.2, 0.25) is 0 Å². The molecule has 2 fully saturated rings. The molecule has 98 valence electrons. The van der Waals surface area contributed by atoms with E-state index < -0.39 is 29.5 Å². The molecule has 0 aromatic heterocycles. The van der Waals surface area contributed by atoms with Crippen LogP contribution in [0.25, 0.3) is 0 Å². The predicted molar refractivity (Wildman–Crippen MR) is 61.8 cm³/mol. The highest BCUT2D eigenvalue weighted by atomic mass is 16.6. The van der Waals surface area contributed by atoms with Crippen LogP contribution in [0.2, 0.25) is 0 Å². The number of rotatable bonds is 2. The molecule has 5 atom stereocenters. The molecular formula is C13H16O5. The zero-order valence-corrected chi connectivity index (χ0v) is 9.98. The van der Waals surface area contributed by atoms with Crippen LogP contribution in [0.1, 0.15) is 11.5 Å². The standard InChI is InChI=1S/C13H16O5/c1-17-10-12(15)7-18-11(14)13(10,16)9(12)8-5-3-2-4-6-8/h2-6,9-11,14-16H,7H2,1H3/t9?,10-,11?,12-,13+/m0/s1. The fraction of sp³-hybridized carbons (Fsp3) is 0.538. The van der Waals surface area contributed by atoms with Crippen LogP contribution >= 0.6 is 0 Å². The molecule has 1 heterocycles. The van der Waals surface area contributed by atoms with Crippen molar-refractivity contribution < 1.29 is 24.8 Å². The molecule has 1 aliphatic heterocycles. The summed E-state index contributed by atoms with van der Waals surface area (Å²) in [4.78, 5) is 0. The molecule has 1 aromatic rings. The molecular weight excluding hydrogens is 236 g/mol. The highest BCUT2D eigenvalue weighted by molar-refractivity contribution is 5.39. The number of methoxy groups -OCH3 is 1. The number of aliphatic hydroxyl groups is 3. The van der Waals surface area contributed by atoms with Crippen LogP contribution in [0.15, 0.2) is 30.3 Å². The van der Waals surface area contributed by atoms with Gasteiger partial charge in [0.25, 0.3) is 0 Å². The highest BCUT2D eigenvalue weighted by Crippen LogP contribution is 2.59. The first kappa shape index (κ1) is 12.1. The van der Waals surface area contributed by atoms with Crippen LogP contribution in [-0.2, 0) is 9.47 Å². The monoisotopic (exact) mass is 252 g/mol. The molecule has 1 aliphatic carbocycles. The van der Waals surface area contributed by atoms with Gasteiger partial charge >= 0.3 is 0 Å².